The summed E-state index contributed by atoms with van der Waals surface area (Å²) in [5, 5.41) is 10.9. The fourth-order valence-electron chi connectivity index (χ4n) is 8.53. The Labute approximate surface area is 219 Å². The molecular weight excluding hydrogens is 505 g/mol. The van der Waals surface area contributed by atoms with Gasteiger partial charge in [-0.15, -0.1) is 0 Å². The van der Waals surface area contributed by atoms with E-state index in [0.717, 1.165) is 25.3 Å². The molecule has 0 radical (unpaired) electrons. The molecule has 0 saturated heterocycles. The smallest absolute Gasteiger partial charge is 0.307 e. The molecule has 0 aliphatic heterocycles. The summed E-state index contributed by atoms with van der Waals surface area (Å²) in [6.45, 7) is 4.96. The summed E-state index contributed by atoms with van der Waals surface area (Å²) in [6, 6.07) is -1.01. The van der Waals surface area contributed by atoms with Crippen LogP contribution in [-0.4, -0.2) is 51.5 Å². The van der Waals surface area contributed by atoms with Crippen molar-refractivity contribution in [3.8, 4) is 0 Å². The SMILES string of the molecule is C[C@@H]1C[C@H]2[C@@H]3C[C@H](F)C4=CC(=O)C=C[C@]4(C)[C@@]3(F)[C@@H](O)C[C@]2(C)[C@@]1(OC(=O)CC1CCC1)C(=O)SCF. The second kappa shape index (κ2) is 8.97. The molecule has 4 saturated carbocycles. The average molecular weight is 541 g/mol. The minimum Gasteiger partial charge on any atom is -0.449 e. The molecule has 0 amide bonds. The number of carbonyl (C=O) groups excluding carboxylic acids is 3. The van der Waals surface area contributed by atoms with E-state index in [4.69, 9.17) is 4.74 Å². The van der Waals surface area contributed by atoms with Crippen molar-refractivity contribution in [3.63, 3.8) is 0 Å². The van der Waals surface area contributed by atoms with Crippen molar-refractivity contribution in [3.05, 3.63) is 23.8 Å². The van der Waals surface area contributed by atoms with Gasteiger partial charge in [-0.05, 0) is 80.4 Å². The summed E-state index contributed by atoms with van der Waals surface area (Å²) in [6.07, 6.45) is 3.24. The number of hydrogen-bond donors (Lipinski definition) is 1. The molecule has 37 heavy (non-hydrogen) atoms. The number of aliphatic hydroxyl groups excluding tert-OH is 1. The predicted molar refractivity (Wildman–Crippen MR) is 133 cm³/mol. The Morgan fingerprint density at radius 1 is 1.22 bits per heavy atom. The number of thioether (sulfide) groups is 1. The first-order valence-corrected chi connectivity index (χ1v) is 14.2. The highest BCUT2D eigenvalue weighted by Crippen LogP contribution is 2.72. The Balaban J connectivity index is 1.58. The van der Waals surface area contributed by atoms with Crippen molar-refractivity contribution in [2.24, 2.45) is 34.5 Å². The molecule has 5 aliphatic rings. The van der Waals surface area contributed by atoms with Gasteiger partial charge in [-0.25, -0.2) is 13.2 Å². The van der Waals surface area contributed by atoms with E-state index in [9.17, 15) is 23.9 Å². The summed E-state index contributed by atoms with van der Waals surface area (Å²) in [7, 11) is 0. The molecule has 0 unspecified atom stereocenters. The molecule has 1 N–H and O–H groups in total. The molecule has 0 bridgehead atoms. The van der Waals surface area contributed by atoms with Crippen LogP contribution in [0.15, 0.2) is 23.8 Å². The normalized spacial score (nSPS) is 46.8. The van der Waals surface area contributed by atoms with Crippen LogP contribution in [0.25, 0.3) is 0 Å². The monoisotopic (exact) mass is 540 g/mol. The third-order valence-corrected chi connectivity index (χ3v) is 11.3. The number of ketones is 1. The van der Waals surface area contributed by atoms with Crippen molar-refractivity contribution in [2.45, 2.75) is 89.3 Å². The quantitative estimate of drug-likeness (QED) is 0.483. The minimum absolute atomic E-state index is 0.0229. The number of aliphatic hydroxyl groups is 1. The Kier molecular flexibility index (Phi) is 6.54. The zero-order valence-electron chi connectivity index (χ0n) is 21.5. The molecule has 4 fully saturated rings. The van der Waals surface area contributed by atoms with E-state index < -0.39 is 75.0 Å². The summed E-state index contributed by atoms with van der Waals surface area (Å²) in [4.78, 5) is 38.7. The van der Waals surface area contributed by atoms with E-state index in [0.29, 0.717) is 11.8 Å². The molecule has 5 nitrogen and oxygen atoms in total. The van der Waals surface area contributed by atoms with Gasteiger partial charge in [0.25, 0.3) is 0 Å². The van der Waals surface area contributed by atoms with Crippen molar-refractivity contribution in [2.75, 3.05) is 6.01 Å². The third-order valence-electron chi connectivity index (χ3n) is 10.6. The van der Waals surface area contributed by atoms with Crippen LogP contribution in [0, 0.1) is 34.5 Å². The standard InChI is InChI=1S/C28H35F3O5S/c1-15-9-18-19-12-21(30)20-11-17(32)7-8-25(20,2)27(19,31)22(33)13-26(18,3)28(15,24(35)37-14-29)36-23(34)10-16-5-4-6-16/h7-8,11,15-16,18-19,21-22,33H,4-6,9-10,12-14H2,1-3H3/t15-,18+,19+,21+,22+,25+,26+,27+,28+/m1/s1. The Morgan fingerprint density at radius 3 is 2.54 bits per heavy atom. The summed E-state index contributed by atoms with van der Waals surface area (Å²) >= 11 is 0.424. The molecule has 5 aliphatic carbocycles. The van der Waals surface area contributed by atoms with Crippen molar-refractivity contribution in [1.82, 2.24) is 0 Å². The zero-order valence-corrected chi connectivity index (χ0v) is 22.3. The van der Waals surface area contributed by atoms with Gasteiger partial charge >= 0.3 is 5.97 Å². The predicted octanol–water partition coefficient (Wildman–Crippen LogP) is 5.21. The van der Waals surface area contributed by atoms with E-state index in [-0.39, 0.29) is 37.2 Å². The van der Waals surface area contributed by atoms with Gasteiger partial charge in [-0.2, -0.15) is 0 Å². The highest BCUT2D eigenvalue weighted by atomic mass is 32.2. The van der Waals surface area contributed by atoms with Crippen molar-refractivity contribution < 1.29 is 37.4 Å². The first-order valence-electron chi connectivity index (χ1n) is 13.3. The first kappa shape index (κ1) is 27.0. The van der Waals surface area contributed by atoms with Crippen LogP contribution in [0.2, 0.25) is 0 Å². The molecule has 0 aromatic heterocycles. The topological polar surface area (TPSA) is 80.7 Å². The molecule has 0 heterocycles. The molecule has 0 aromatic carbocycles. The molecule has 9 heteroatoms. The lowest BCUT2D eigenvalue weighted by Crippen LogP contribution is -2.70. The van der Waals surface area contributed by atoms with Crippen molar-refractivity contribution >= 4 is 28.6 Å². The summed E-state index contributed by atoms with van der Waals surface area (Å²) in [5.41, 5.74) is -6.82. The van der Waals surface area contributed by atoms with Gasteiger partial charge in [0.15, 0.2) is 17.1 Å². The van der Waals surface area contributed by atoms with E-state index in [1.54, 1.807) is 13.8 Å². The molecular formula is C28H35F3O5S. The van der Waals surface area contributed by atoms with E-state index in [2.05, 4.69) is 0 Å². The minimum atomic E-state index is -2.30. The maximum absolute atomic E-state index is 17.4. The van der Waals surface area contributed by atoms with Crippen LogP contribution >= 0.6 is 11.8 Å². The van der Waals surface area contributed by atoms with Gasteiger partial charge in [0.05, 0.1) is 6.10 Å². The molecule has 5 rings (SSSR count). The van der Waals surface area contributed by atoms with Gasteiger partial charge < -0.3 is 9.84 Å². The molecule has 0 spiro atoms. The average Bonchev–Trinajstić information content (AvgIpc) is 3.02. The fraction of sp³-hybridized carbons (Fsp3) is 0.750. The highest BCUT2D eigenvalue weighted by molar-refractivity contribution is 8.13. The van der Waals surface area contributed by atoms with Crippen LogP contribution in [0.5, 0.6) is 0 Å². The van der Waals surface area contributed by atoms with E-state index >= 15 is 8.78 Å². The number of rotatable bonds is 5. The van der Waals surface area contributed by atoms with Gasteiger partial charge in [0.2, 0.25) is 5.12 Å². The number of fused-ring (bicyclic) bond motifs is 5. The number of carbonyl (C=O) groups is 3. The van der Waals surface area contributed by atoms with Gasteiger partial charge in [-0.3, -0.25) is 14.4 Å². The molecule has 0 aromatic rings. The van der Waals surface area contributed by atoms with Gasteiger partial charge in [0.1, 0.15) is 12.2 Å². The lowest BCUT2D eigenvalue weighted by atomic mass is 9.44. The van der Waals surface area contributed by atoms with E-state index in [1.165, 1.54) is 19.1 Å². The van der Waals surface area contributed by atoms with Crippen LogP contribution in [0.4, 0.5) is 13.2 Å². The number of esters is 1. The van der Waals surface area contributed by atoms with Gasteiger partial charge in [-0.1, -0.05) is 26.3 Å². The number of allylic oxidation sites excluding steroid dienone is 4. The number of hydrogen-bond acceptors (Lipinski definition) is 6. The Bertz CT molecular complexity index is 1070. The highest BCUT2D eigenvalue weighted by Gasteiger charge is 2.78. The Morgan fingerprint density at radius 2 is 1.92 bits per heavy atom. The molecule has 9 atom stereocenters. The van der Waals surface area contributed by atoms with E-state index in [1.807, 2.05) is 0 Å². The van der Waals surface area contributed by atoms with Crippen molar-refractivity contribution in [1.29, 1.82) is 0 Å². The fourth-order valence-corrected chi connectivity index (χ4v) is 9.32. The largest absolute Gasteiger partial charge is 0.449 e. The number of alkyl halides is 3. The number of halogens is 3. The second-order valence-corrected chi connectivity index (χ2v) is 13.1. The van der Waals surface area contributed by atoms with Crippen LogP contribution in [-0.2, 0) is 19.1 Å². The first-order chi connectivity index (χ1) is 17.3. The third kappa shape index (κ3) is 3.51. The van der Waals surface area contributed by atoms with Crippen LogP contribution < -0.4 is 0 Å². The van der Waals surface area contributed by atoms with Gasteiger partial charge in [0, 0.05) is 29.1 Å². The summed E-state index contributed by atoms with van der Waals surface area (Å²) < 4.78 is 52.6. The lowest BCUT2D eigenvalue weighted by Gasteiger charge is -2.63. The Hall–Kier alpha value is -1.61. The second-order valence-electron chi connectivity index (χ2n) is 12.2. The van der Waals surface area contributed by atoms with Crippen LogP contribution in [0.3, 0.4) is 0 Å². The zero-order chi connectivity index (χ0) is 27.0. The lowest BCUT2D eigenvalue weighted by molar-refractivity contribution is -0.229. The molecule has 204 valence electrons. The number of ether oxygens (including phenoxy) is 1. The van der Waals surface area contributed by atoms with Crippen LogP contribution in [0.1, 0.15) is 65.7 Å². The maximum atomic E-state index is 17.4. The summed E-state index contributed by atoms with van der Waals surface area (Å²) in [5.74, 6) is -2.99. The maximum Gasteiger partial charge on any atom is 0.307 e.